The Balaban J connectivity index is 2.61. The maximum absolute atomic E-state index is 11.1. The van der Waals surface area contributed by atoms with E-state index in [9.17, 15) is 9.90 Å². The summed E-state index contributed by atoms with van der Waals surface area (Å²) in [5.74, 6) is -0.845. The number of rotatable bonds is 4. The van der Waals surface area contributed by atoms with Crippen molar-refractivity contribution in [2.45, 2.75) is 63.6 Å². The normalized spacial score (nSPS) is 30.9. The Bertz CT molecular complexity index is 232. The summed E-state index contributed by atoms with van der Waals surface area (Å²) in [7, 11) is 0. The molecule has 0 spiro atoms. The van der Waals surface area contributed by atoms with E-state index < -0.39 is 17.6 Å². The summed E-state index contributed by atoms with van der Waals surface area (Å²) < 4.78 is 0. The van der Waals surface area contributed by atoms with Crippen molar-refractivity contribution < 1.29 is 15.0 Å². The molecule has 1 aliphatic rings. The van der Waals surface area contributed by atoms with Crippen LogP contribution in [0.4, 0.5) is 0 Å². The molecule has 1 rings (SSSR count). The number of carbonyl (C=O) groups is 1. The standard InChI is InChI=1S/C11H21NO3/c1-3-11(2,10(14)15)12-8-6-4-5-7-9(8)13/h8-9,12-13H,3-7H2,1-2H3,(H,14,15). The minimum absolute atomic E-state index is 0.0696. The molecule has 15 heavy (non-hydrogen) atoms. The Labute approximate surface area is 90.7 Å². The van der Waals surface area contributed by atoms with Gasteiger partial charge >= 0.3 is 5.97 Å². The van der Waals surface area contributed by atoms with Crippen molar-refractivity contribution in [2.75, 3.05) is 0 Å². The molecule has 88 valence electrons. The molecule has 0 radical (unpaired) electrons. The van der Waals surface area contributed by atoms with Crippen molar-refractivity contribution in [2.24, 2.45) is 0 Å². The maximum Gasteiger partial charge on any atom is 0.323 e. The molecule has 3 N–H and O–H groups in total. The number of carboxylic acids is 1. The summed E-state index contributed by atoms with van der Waals surface area (Å²) in [6.45, 7) is 3.52. The van der Waals surface area contributed by atoms with Crippen LogP contribution in [0.3, 0.4) is 0 Å². The van der Waals surface area contributed by atoms with Crippen LogP contribution in [0, 0.1) is 0 Å². The fourth-order valence-electron chi connectivity index (χ4n) is 2.00. The van der Waals surface area contributed by atoms with Crippen LogP contribution in [0.2, 0.25) is 0 Å². The van der Waals surface area contributed by atoms with Crippen LogP contribution in [0.25, 0.3) is 0 Å². The highest BCUT2D eigenvalue weighted by molar-refractivity contribution is 5.78. The minimum atomic E-state index is -0.914. The third-order valence-electron chi connectivity index (χ3n) is 3.41. The van der Waals surface area contributed by atoms with E-state index in [1.165, 1.54) is 0 Å². The number of aliphatic hydroxyl groups is 1. The predicted octanol–water partition coefficient (Wildman–Crippen LogP) is 1.13. The Hall–Kier alpha value is -0.610. The van der Waals surface area contributed by atoms with Gasteiger partial charge in [0.1, 0.15) is 5.54 Å². The SMILES string of the molecule is CCC(C)(NC1CCCCC1O)C(=O)O. The Morgan fingerprint density at radius 2 is 2.07 bits per heavy atom. The summed E-state index contributed by atoms with van der Waals surface area (Å²) in [5, 5.41) is 21.9. The molecule has 1 aliphatic carbocycles. The zero-order valence-electron chi connectivity index (χ0n) is 9.49. The highest BCUT2D eigenvalue weighted by Gasteiger charge is 2.36. The van der Waals surface area contributed by atoms with E-state index in [1.54, 1.807) is 6.92 Å². The summed E-state index contributed by atoms with van der Waals surface area (Å²) in [5.41, 5.74) is -0.914. The van der Waals surface area contributed by atoms with E-state index in [1.807, 2.05) is 6.92 Å². The van der Waals surface area contributed by atoms with Crippen LogP contribution in [0.5, 0.6) is 0 Å². The van der Waals surface area contributed by atoms with E-state index in [4.69, 9.17) is 5.11 Å². The van der Waals surface area contributed by atoms with Gasteiger partial charge in [0, 0.05) is 6.04 Å². The number of nitrogens with one attached hydrogen (secondary N) is 1. The first-order valence-electron chi connectivity index (χ1n) is 5.69. The fraction of sp³-hybridized carbons (Fsp3) is 0.909. The van der Waals surface area contributed by atoms with Crippen molar-refractivity contribution in [3.05, 3.63) is 0 Å². The zero-order valence-corrected chi connectivity index (χ0v) is 9.49. The molecule has 0 aromatic rings. The molecule has 4 nitrogen and oxygen atoms in total. The molecular formula is C11H21NO3. The lowest BCUT2D eigenvalue weighted by molar-refractivity contribution is -0.145. The topological polar surface area (TPSA) is 69.6 Å². The second-order valence-corrected chi connectivity index (χ2v) is 4.59. The Kier molecular flexibility index (Phi) is 4.11. The highest BCUT2D eigenvalue weighted by atomic mass is 16.4. The molecule has 1 fully saturated rings. The van der Waals surface area contributed by atoms with Crippen LogP contribution in [0.1, 0.15) is 46.0 Å². The third kappa shape index (κ3) is 2.92. The van der Waals surface area contributed by atoms with Crippen molar-refractivity contribution in [1.82, 2.24) is 5.32 Å². The largest absolute Gasteiger partial charge is 0.480 e. The molecule has 0 aromatic carbocycles. The van der Waals surface area contributed by atoms with Crippen molar-refractivity contribution in [3.8, 4) is 0 Å². The van der Waals surface area contributed by atoms with Crippen molar-refractivity contribution in [3.63, 3.8) is 0 Å². The van der Waals surface area contributed by atoms with Gasteiger partial charge in [-0.1, -0.05) is 19.8 Å². The summed E-state index contributed by atoms with van der Waals surface area (Å²) >= 11 is 0. The van der Waals surface area contributed by atoms with Crippen LogP contribution in [0.15, 0.2) is 0 Å². The lowest BCUT2D eigenvalue weighted by Crippen LogP contribution is -2.57. The van der Waals surface area contributed by atoms with Crippen LogP contribution < -0.4 is 5.32 Å². The van der Waals surface area contributed by atoms with Gasteiger partial charge in [-0.3, -0.25) is 10.1 Å². The van der Waals surface area contributed by atoms with Gasteiger partial charge in [0.05, 0.1) is 6.10 Å². The molecule has 0 saturated heterocycles. The van der Waals surface area contributed by atoms with Gasteiger partial charge in [-0.2, -0.15) is 0 Å². The first kappa shape index (κ1) is 12.5. The van der Waals surface area contributed by atoms with Gasteiger partial charge in [-0.05, 0) is 26.2 Å². The number of hydrogen-bond donors (Lipinski definition) is 3. The van der Waals surface area contributed by atoms with Crippen LogP contribution in [-0.2, 0) is 4.79 Å². The van der Waals surface area contributed by atoms with Gasteiger partial charge in [0.25, 0.3) is 0 Å². The Morgan fingerprint density at radius 1 is 1.47 bits per heavy atom. The summed E-state index contributed by atoms with van der Waals surface area (Å²) in [6, 6.07) is -0.0696. The van der Waals surface area contributed by atoms with Gasteiger partial charge in [0.15, 0.2) is 0 Å². The minimum Gasteiger partial charge on any atom is -0.480 e. The molecule has 0 amide bonds. The molecule has 0 aliphatic heterocycles. The second-order valence-electron chi connectivity index (χ2n) is 4.59. The molecule has 3 atom stereocenters. The van der Waals surface area contributed by atoms with Gasteiger partial charge in [-0.15, -0.1) is 0 Å². The maximum atomic E-state index is 11.1. The van der Waals surface area contributed by atoms with Crippen molar-refractivity contribution >= 4 is 5.97 Å². The summed E-state index contributed by atoms with van der Waals surface area (Å²) in [4.78, 5) is 11.1. The number of aliphatic hydroxyl groups excluding tert-OH is 1. The van der Waals surface area contributed by atoms with E-state index in [2.05, 4.69) is 5.32 Å². The monoisotopic (exact) mass is 215 g/mol. The Morgan fingerprint density at radius 3 is 2.53 bits per heavy atom. The smallest absolute Gasteiger partial charge is 0.323 e. The quantitative estimate of drug-likeness (QED) is 0.657. The van der Waals surface area contributed by atoms with Gasteiger partial charge in [0.2, 0.25) is 0 Å². The number of carboxylic acid groups (broad SMARTS) is 1. The molecular weight excluding hydrogens is 194 g/mol. The summed E-state index contributed by atoms with van der Waals surface area (Å²) in [6.07, 6.45) is 3.86. The average Bonchev–Trinajstić information content (AvgIpc) is 2.21. The van der Waals surface area contributed by atoms with Gasteiger partial charge < -0.3 is 10.2 Å². The van der Waals surface area contributed by atoms with E-state index in [0.29, 0.717) is 6.42 Å². The molecule has 0 aromatic heterocycles. The first-order valence-corrected chi connectivity index (χ1v) is 5.69. The van der Waals surface area contributed by atoms with Crippen LogP contribution >= 0.6 is 0 Å². The fourth-order valence-corrected chi connectivity index (χ4v) is 2.00. The third-order valence-corrected chi connectivity index (χ3v) is 3.41. The second kappa shape index (κ2) is 4.94. The molecule has 0 bridgehead atoms. The number of aliphatic carboxylic acids is 1. The lowest BCUT2D eigenvalue weighted by Gasteiger charge is -2.35. The van der Waals surface area contributed by atoms with Crippen molar-refractivity contribution in [1.29, 1.82) is 0 Å². The molecule has 0 heterocycles. The average molecular weight is 215 g/mol. The molecule has 3 unspecified atom stereocenters. The lowest BCUT2D eigenvalue weighted by atomic mass is 9.89. The molecule has 1 saturated carbocycles. The van der Waals surface area contributed by atoms with Gasteiger partial charge in [-0.25, -0.2) is 0 Å². The first-order chi connectivity index (χ1) is 6.99. The predicted molar refractivity (Wildman–Crippen MR) is 57.7 cm³/mol. The number of hydrogen-bond acceptors (Lipinski definition) is 3. The van der Waals surface area contributed by atoms with E-state index >= 15 is 0 Å². The molecule has 4 heteroatoms. The zero-order chi connectivity index (χ0) is 11.5. The van der Waals surface area contributed by atoms with E-state index in [-0.39, 0.29) is 6.04 Å². The highest BCUT2D eigenvalue weighted by Crippen LogP contribution is 2.22. The van der Waals surface area contributed by atoms with Crippen LogP contribution in [-0.4, -0.2) is 33.9 Å². The van der Waals surface area contributed by atoms with E-state index in [0.717, 1.165) is 25.7 Å².